The van der Waals surface area contributed by atoms with Gasteiger partial charge in [0.1, 0.15) is 6.54 Å². The summed E-state index contributed by atoms with van der Waals surface area (Å²) in [6.45, 7) is 0.185. The molecule has 0 unspecified atom stereocenters. The second kappa shape index (κ2) is 6.24. The highest BCUT2D eigenvalue weighted by molar-refractivity contribution is 5.99. The number of anilines is 1. The fourth-order valence-electron chi connectivity index (χ4n) is 2.85. The van der Waals surface area contributed by atoms with Crippen molar-refractivity contribution in [1.29, 1.82) is 0 Å². The first-order chi connectivity index (χ1) is 12.2. The van der Waals surface area contributed by atoms with Gasteiger partial charge in [-0.15, -0.1) is 0 Å². The molecule has 0 spiro atoms. The van der Waals surface area contributed by atoms with Crippen LogP contribution in [0.2, 0.25) is 0 Å². The molecule has 124 valence electrons. The molecule has 1 amide bonds. The van der Waals surface area contributed by atoms with Crippen LogP contribution in [0.1, 0.15) is 0 Å². The molecule has 6 heteroatoms. The molecule has 0 aliphatic carbocycles. The lowest BCUT2D eigenvalue weighted by Crippen LogP contribution is -2.18. The van der Waals surface area contributed by atoms with Crippen LogP contribution >= 0.6 is 0 Å². The zero-order valence-corrected chi connectivity index (χ0v) is 13.8. The van der Waals surface area contributed by atoms with Gasteiger partial charge in [-0.2, -0.15) is 5.10 Å². The number of imidazole rings is 1. The van der Waals surface area contributed by atoms with Crippen LogP contribution in [0, 0.1) is 0 Å². The lowest BCUT2D eigenvalue weighted by molar-refractivity contribution is -0.116. The van der Waals surface area contributed by atoms with Crippen molar-refractivity contribution in [3.05, 3.63) is 67.1 Å². The fraction of sp³-hybridized carbons (Fsp3) is 0.105. The highest BCUT2D eigenvalue weighted by Gasteiger charge is 2.12. The average Bonchev–Trinajstić information content (AvgIpc) is 3.21. The number of carbonyl (C=O) groups is 1. The lowest BCUT2D eigenvalue weighted by atomic mass is 10.2. The predicted molar refractivity (Wildman–Crippen MR) is 97.0 cm³/mol. The Kier molecular flexibility index (Phi) is 3.78. The van der Waals surface area contributed by atoms with Crippen LogP contribution in [0.4, 0.5) is 5.82 Å². The Morgan fingerprint density at radius 1 is 1.08 bits per heavy atom. The van der Waals surface area contributed by atoms with Gasteiger partial charge in [0.15, 0.2) is 5.82 Å². The molecule has 0 aliphatic rings. The predicted octanol–water partition coefficient (Wildman–Crippen LogP) is 3.08. The molecule has 0 fully saturated rings. The molecular weight excluding hydrogens is 314 g/mol. The maximum atomic E-state index is 12.4. The molecule has 0 atom stereocenters. The highest BCUT2D eigenvalue weighted by atomic mass is 16.2. The molecule has 0 saturated heterocycles. The number of para-hydroxylation sites is 1. The monoisotopic (exact) mass is 331 g/mol. The first kappa shape index (κ1) is 15.1. The molecule has 25 heavy (non-hydrogen) atoms. The molecule has 4 rings (SSSR count). The Labute approximate surface area is 144 Å². The molecule has 2 aromatic carbocycles. The van der Waals surface area contributed by atoms with E-state index in [0.717, 1.165) is 22.2 Å². The second-order valence-electron chi connectivity index (χ2n) is 5.83. The van der Waals surface area contributed by atoms with E-state index in [1.807, 2.05) is 67.8 Å². The standard InChI is InChI=1S/C19H17N5O/c1-23-17-10-6-5-9-15(17)19(22-23)21-18(25)12-24-11-16(20-13-24)14-7-3-2-4-8-14/h2-11,13H,12H2,1H3,(H,21,22,25). The summed E-state index contributed by atoms with van der Waals surface area (Å²) in [5, 5.41) is 8.19. The van der Waals surface area contributed by atoms with Gasteiger partial charge >= 0.3 is 0 Å². The summed E-state index contributed by atoms with van der Waals surface area (Å²) in [4.78, 5) is 16.7. The van der Waals surface area contributed by atoms with Gasteiger partial charge in [0.2, 0.25) is 5.91 Å². The number of hydrogen-bond acceptors (Lipinski definition) is 3. The van der Waals surface area contributed by atoms with Gasteiger partial charge in [-0.05, 0) is 12.1 Å². The number of hydrogen-bond donors (Lipinski definition) is 1. The van der Waals surface area contributed by atoms with Gasteiger partial charge < -0.3 is 9.88 Å². The quantitative estimate of drug-likeness (QED) is 0.625. The van der Waals surface area contributed by atoms with Crippen LogP contribution in [0.5, 0.6) is 0 Å². The van der Waals surface area contributed by atoms with E-state index in [2.05, 4.69) is 15.4 Å². The molecule has 0 aliphatic heterocycles. The van der Waals surface area contributed by atoms with Crippen molar-refractivity contribution < 1.29 is 4.79 Å². The highest BCUT2D eigenvalue weighted by Crippen LogP contribution is 2.22. The van der Waals surface area contributed by atoms with Crippen LogP contribution < -0.4 is 5.32 Å². The fourth-order valence-corrected chi connectivity index (χ4v) is 2.85. The van der Waals surface area contributed by atoms with Crippen molar-refractivity contribution in [2.75, 3.05) is 5.32 Å². The molecule has 1 N–H and O–H groups in total. The van der Waals surface area contributed by atoms with E-state index in [1.165, 1.54) is 0 Å². The summed E-state index contributed by atoms with van der Waals surface area (Å²) >= 11 is 0. The number of nitrogens with zero attached hydrogens (tertiary/aromatic N) is 4. The number of nitrogens with one attached hydrogen (secondary N) is 1. The molecule has 0 radical (unpaired) electrons. The number of fused-ring (bicyclic) bond motifs is 1. The van der Waals surface area contributed by atoms with Gasteiger partial charge in [-0.3, -0.25) is 9.48 Å². The van der Waals surface area contributed by atoms with Crippen molar-refractivity contribution in [3.8, 4) is 11.3 Å². The molecule has 0 bridgehead atoms. The number of aromatic nitrogens is 4. The maximum Gasteiger partial charge on any atom is 0.245 e. The van der Waals surface area contributed by atoms with E-state index in [1.54, 1.807) is 15.6 Å². The van der Waals surface area contributed by atoms with Gasteiger partial charge in [0.05, 0.1) is 17.5 Å². The minimum absolute atomic E-state index is 0.138. The average molecular weight is 331 g/mol. The smallest absolute Gasteiger partial charge is 0.245 e. The van der Waals surface area contributed by atoms with Crippen LogP contribution in [0.25, 0.3) is 22.2 Å². The third-order valence-corrected chi connectivity index (χ3v) is 4.04. The Bertz CT molecular complexity index is 1030. The van der Waals surface area contributed by atoms with Gasteiger partial charge in [0.25, 0.3) is 0 Å². The topological polar surface area (TPSA) is 64.7 Å². The minimum atomic E-state index is -0.138. The summed E-state index contributed by atoms with van der Waals surface area (Å²) in [5.41, 5.74) is 2.85. The second-order valence-corrected chi connectivity index (χ2v) is 5.83. The Morgan fingerprint density at radius 3 is 2.68 bits per heavy atom. The number of rotatable bonds is 4. The zero-order valence-electron chi connectivity index (χ0n) is 13.8. The van der Waals surface area contributed by atoms with Crippen molar-refractivity contribution in [2.45, 2.75) is 6.54 Å². The Morgan fingerprint density at radius 2 is 1.84 bits per heavy atom. The minimum Gasteiger partial charge on any atom is -0.327 e. The number of carbonyl (C=O) groups excluding carboxylic acids is 1. The molecule has 0 saturated carbocycles. The molecule has 2 aromatic heterocycles. The first-order valence-electron chi connectivity index (χ1n) is 7.99. The summed E-state index contributed by atoms with van der Waals surface area (Å²) in [6.07, 6.45) is 3.53. The molecule has 6 nitrogen and oxygen atoms in total. The third kappa shape index (κ3) is 3.01. The summed E-state index contributed by atoms with van der Waals surface area (Å²) in [7, 11) is 1.86. The zero-order chi connectivity index (χ0) is 17.2. The van der Waals surface area contributed by atoms with Gasteiger partial charge in [0, 0.05) is 24.2 Å². The van der Waals surface area contributed by atoms with E-state index in [-0.39, 0.29) is 12.5 Å². The van der Waals surface area contributed by atoms with Crippen molar-refractivity contribution >= 4 is 22.6 Å². The number of benzene rings is 2. The van der Waals surface area contributed by atoms with Gasteiger partial charge in [-0.1, -0.05) is 42.5 Å². The Balaban J connectivity index is 1.50. The molecule has 2 heterocycles. The summed E-state index contributed by atoms with van der Waals surface area (Å²) in [6, 6.07) is 17.7. The van der Waals surface area contributed by atoms with Crippen LogP contribution in [0.3, 0.4) is 0 Å². The van der Waals surface area contributed by atoms with E-state index < -0.39 is 0 Å². The van der Waals surface area contributed by atoms with E-state index in [4.69, 9.17) is 0 Å². The molecule has 4 aromatic rings. The SMILES string of the molecule is Cn1nc(NC(=O)Cn2cnc(-c3ccccc3)c2)c2ccccc21. The van der Waals surface area contributed by atoms with Gasteiger partial charge in [-0.25, -0.2) is 4.98 Å². The normalized spacial score (nSPS) is 10.9. The van der Waals surface area contributed by atoms with E-state index in [0.29, 0.717) is 5.82 Å². The van der Waals surface area contributed by atoms with E-state index >= 15 is 0 Å². The summed E-state index contributed by atoms with van der Waals surface area (Å²) < 4.78 is 3.53. The summed E-state index contributed by atoms with van der Waals surface area (Å²) in [5.74, 6) is 0.437. The van der Waals surface area contributed by atoms with Crippen LogP contribution in [0.15, 0.2) is 67.1 Å². The number of amides is 1. The van der Waals surface area contributed by atoms with Crippen molar-refractivity contribution in [3.63, 3.8) is 0 Å². The van der Waals surface area contributed by atoms with E-state index in [9.17, 15) is 4.79 Å². The number of aryl methyl sites for hydroxylation is 1. The maximum absolute atomic E-state index is 12.4. The third-order valence-electron chi connectivity index (χ3n) is 4.04. The van der Waals surface area contributed by atoms with Crippen molar-refractivity contribution in [2.24, 2.45) is 7.05 Å². The molecular formula is C19H17N5O. The van der Waals surface area contributed by atoms with Crippen molar-refractivity contribution in [1.82, 2.24) is 19.3 Å². The lowest BCUT2D eigenvalue weighted by Gasteiger charge is -2.03. The largest absolute Gasteiger partial charge is 0.327 e. The van der Waals surface area contributed by atoms with Crippen LogP contribution in [-0.2, 0) is 18.4 Å². The first-order valence-corrected chi connectivity index (χ1v) is 7.99. The van der Waals surface area contributed by atoms with Crippen LogP contribution in [-0.4, -0.2) is 25.2 Å². The Hall–Kier alpha value is -3.41.